The van der Waals surface area contributed by atoms with E-state index in [4.69, 9.17) is 4.74 Å². The van der Waals surface area contributed by atoms with Crippen molar-refractivity contribution in [3.05, 3.63) is 25.3 Å². The minimum Gasteiger partial charge on any atom is -0.369 e. The Hall–Kier alpha value is -0.600. The Labute approximate surface area is 62.8 Å². The van der Waals surface area contributed by atoms with Crippen LogP contribution in [0, 0.1) is 0 Å². The van der Waals surface area contributed by atoms with Gasteiger partial charge in [0.15, 0.2) is 0 Å². The van der Waals surface area contributed by atoms with Gasteiger partial charge in [-0.05, 0) is 0 Å². The summed E-state index contributed by atoms with van der Waals surface area (Å²) in [5.41, 5.74) is 0. The van der Waals surface area contributed by atoms with Gasteiger partial charge in [0.2, 0.25) is 0 Å². The Morgan fingerprint density at radius 2 is 1.80 bits per heavy atom. The first-order chi connectivity index (χ1) is 4.85. The second-order valence-electron chi connectivity index (χ2n) is 2.03. The fourth-order valence-corrected chi connectivity index (χ4v) is 0.728. The van der Waals surface area contributed by atoms with Crippen LogP contribution in [0.25, 0.3) is 0 Å². The second-order valence-corrected chi connectivity index (χ2v) is 2.03. The molecule has 0 aliphatic rings. The molecule has 0 spiro atoms. The molecule has 10 heavy (non-hydrogen) atoms. The minimum atomic E-state index is 0.637. The van der Waals surface area contributed by atoms with Crippen LogP contribution in [0.3, 0.4) is 0 Å². The molecule has 0 aliphatic carbocycles. The number of nitrogens with zero attached hydrogens (tertiary/aromatic N) is 1. The lowest BCUT2D eigenvalue weighted by Gasteiger charge is -2.16. The van der Waals surface area contributed by atoms with Gasteiger partial charge in [-0.1, -0.05) is 12.2 Å². The van der Waals surface area contributed by atoms with Gasteiger partial charge in [-0.15, -0.1) is 13.2 Å². The van der Waals surface area contributed by atoms with Gasteiger partial charge in [0, 0.05) is 20.2 Å². The Kier molecular flexibility index (Phi) is 6.13. The van der Waals surface area contributed by atoms with Crippen molar-refractivity contribution in [1.82, 2.24) is 4.90 Å². The van der Waals surface area contributed by atoms with Gasteiger partial charge in [0.1, 0.15) is 0 Å². The van der Waals surface area contributed by atoms with Crippen LogP contribution in [0.1, 0.15) is 0 Å². The van der Waals surface area contributed by atoms with E-state index in [0.29, 0.717) is 6.73 Å². The zero-order valence-electron chi connectivity index (χ0n) is 6.55. The molecule has 0 radical (unpaired) electrons. The predicted molar refractivity (Wildman–Crippen MR) is 43.8 cm³/mol. The number of rotatable bonds is 6. The van der Waals surface area contributed by atoms with Gasteiger partial charge in [-0.2, -0.15) is 0 Å². The Morgan fingerprint density at radius 3 is 2.10 bits per heavy atom. The third kappa shape index (κ3) is 4.30. The van der Waals surface area contributed by atoms with Crippen LogP contribution < -0.4 is 0 Å². The molecule has 0 unspecified atom stereocenters. The third-order valence-electron chi connectivity index (χ3n) is 1.09. The molecule has 0 heterocycles. The van der Waals surface area contributed by atoms with Crippen molar-refractivity contribution in [1.29, 1.82) is 0 Å². The van der Waals surface area contributed by atoms with Crippen LogP contribution in [0.5, 0.6) is 0 Å². The first-order valence-corrected chi connectivity index (χ1v) is 3.28. The fraction of sp³-hybridized carbons (Fsp3) is 0.500. The quantitative estimate of drug-likeness (QED) is 0.408. The standard InChI is InChI=1S/C8H15NO/c1-4-6-9(7-5-2)8-10-3/h4-5H,1-2,6-8H2,3H3. The lowest BCUT2D eigenvalue weighted by molar-refractivity contribution is 0.0798. The maximum Gasteiger partial charge on any atom is 0.0991 e. The van der Waals surface area contributed by atoms with E-state index in [9.17, 15) is 0 Å². The Balaban J connectivity index is 3.48. The van der Waals surface area contributed by atoms with E-state index < -0.39 is 0 Å². The molecular formula is C8H15NO. The van der Waals surface area contributed by atoms with Gasteiger partial charge < -0.3 is 4.74 Å². The highest BCUT2D eigenvalue weighted by molar-refractivity contribution is 4.78. The lowest BCUT2D eigenvalue weighted by atomic mass is 10.5. The number of hydrogen-bond donors (Lipinski definition) is 0. The van der Waals surface area contributed by atoms with Gasteiger partial charge in [-0.25, -0.2) is 0 Å². The van der Waals surface area contributed by atoms with Crippen LogP contribution in [-0.2, 0) is 4.74 Å². The zero-order chi connectivity index (χ0) is 7.82. The largest absolute Gasteiger partial charge is 0.369 e. The lowest BCUT2D eigenvalue weighted by Crippen LogP contribution is -2.25. The molecular weight excluding hydrogens is 126 g/mol. The maximum absolute atomic E-state index is 4.94. The molecule has 0 amide bonds. The van der Waals surface area contributed by atoms with Crippen LogP contribution in [-0.4, -0.2) is 31.8 Å². The summed E-state index contributed by atoms with van der Waals surface area (Å²) in [6.45, 7) is 9.60. The molecule has 2 heteroatoms. The smallest absolute Gasteiger partial charge is 0.0991 e. The first kappa shape index (κ1) is 9.40. The number of ether oxygens (including phenoxy) is 1. The fourth-order valence-electron chi connectivity index (χ4n) is 0.728. The molecule has 0 aliphatic heterocycles. The summed E-state index contributed by atoms with van der Waals surface area (Å²) in [6.07, 6.45) is 3.70. The van der Waals surface area contributed by atoms with Gasteiger partial charge in [0.25, 0.3) is 0 Å². The molecule has 0 aromatic carbocycles. The number of methoxy groups -OCH3 is 1. The molecule has 0 fully saturated rings. The van der Waals surface area contributed by atoms with E-state index >= 15 is 0 Å². The monoisotopic (exact) mass is 141 g/mol. The van der Waals surface area contributed by atoms with E-state index in [1.807, 2.05) is 12.2 Å². The molecule has 0 saturated heterocycles. The molecule has 0 N–H and O–H groups in total. The number of hydrogen-bond acceptors (Lipinski definition) is 2. The van der Waals surface area contributed by atoms with Crippen molar-refractivity contribution >= 4 is 0 Å². The van der Waals surface area contributed by atoms with Crippen molar-refractivity contribution in [2.24, 2.45) is 0 Å². The molecule has 0 atom stereocenters. The van der Waals surface area contributed by atoms with Crippen molar-refractivity contribution in [3.63, 3.8) is 0 Å². The van der Waals surface area contributed by atoms with E-state index in [1.54, 1.807) is 7.11 Å². The van der Waals surface area contributed by atoms with Crippen molar-refractivity contribution in [2.75, 3.05) is 26.9 Å². The summed E-state index contributed by atoms with van der Waals surface area (Å²) in [5.74, 6) is 0. The minimum absolute atomic E-state index is 0.637. The average Bonchev–Trinajstić information content (AvgIpc) is 1.90. The predicted octanol–water partition coefficient (Wildman–Crippen LogP) is 1.26. The van der Waals surface area contributed by atoms with Crippen molar-refractivity contribution in [3.8, 4) is 0 Å². The van der Waals surface area contributed by atoms with Crippen molar-refractivity contribution < 1.29 is 4.74 Å². The Morgan fingerprint density at radius 1 is 1.30 bits per heavy atom. The second kappa shape index (κ2) is 6.52. The summed E-state index contributed by atoms with van der Waals surface area (Å²) in [7, 11) is 1.68. The third-order valence-corrected chi connectivity index (χ3v) is 1.09. The summed E-state index contributed by atoms with van der Waals surface area (Å²) >= 11 is 0. The van der Waals surface area contributed by atoms with Crippen LogP contribution in [0.4, 0.5) is 0 Å². The molecule has 0 bridgehead atoms. The molecule has 0 saturated carbocycles. The van der Waals surface area contributed by atoms with E-state index in [2.05, 4.69) is 18.1 Å². The topological polar surface area (TPSA) is 12.5 Å². The summed E-state index contributed by atoms with van der Waals surface area (Å²) in [4.78, 5) is 2.08. The summed E-state index contributed by atoms with van der Waals surface area (Å²) < 4.78 is 4.94. The van der Waals surface area contributed by atoms with Crippen LogP contribution >= 0.6 is 0 Å². The normalized spacial score (nSPS) is 9.80. The highest BCUT2D eigenvalue weighted by Crippen LogP contribution is 1.87. The van der Waals surface area contributed by atoms with E-state index in [1.165, 1.54) is 0 Å². The highest BCUT2D eigenvalue weighted by Gasteiger charge is 1.96. The molecule has 0 aromatic heterocycles. The maximum atomic E-state index is 4.94. The van der Waals surface area contributed by atoms with Crippen LogP contribution in [0.15, 0.2) is 25.3 Å². The SMILES string of the molecule is C=CCN(CC=C)COC. The molecule has 0 rings (SSSR count). The zero-order valence-corrected chi connectivity index (χ0v) is 6.55. The van der Waals surface area contributed by atoms with Gasteiger partial charge >= 0.3 is 0 Å². The molecule has 2 nitrogen and oxygen atoms in total. The van der Waals surface area contributed by atoms with Gasteiger partial charge in [-0.3, -0.25) is 4.90 Å². The summed E-state index contributed by atoms with van der Waals surface area (Å²) in [6, 6.07) is 0. The first-order valence-electron chi connectivity index (χ1n) is 3.28. The summed E-state index contributed by atoms with van der Waals surface area (Å²) in [5, 5.41) is 0. The van der Waals surface area contributed by atoms with Crippen molar-refractivity contribution in [2.45, 2.75) is 0 Å². The molecule has 0 aromatic rings. The van der Waals surface area contributed by atoms with E-state index in [-0.39, 0.29) is 0 Å². The highest BCUT2D eigenvalue weighted by atomic mass is 16.5. The Bertz CT molecular complexity index is 91.4. The molecule has 58 valence electrons. The van der Waals surface area contributed by atoms with Gasteiger partial charge in [0.05, 0.1) is 6.73 Å². The average molecular weight is 141 g/mol. The van der Waals surface area contributed by atoms with E-state index in [0.717, 1.165) is 13.1 Å². The van der Waals surface area contributed by atoms with Crippen LogP contribution in [0.2, 0.25) is 0 Å².